The first-order valence-electron chi connectivity index (χ1n) is 11.8. The first kappa shape index (κ1) is 23.9. The van der Waals surface area contributed by atoms with Crippen molar-refractivity contribution in [3.05, 3.63) is 64.3 Å². The molecule has 5 rings (SSSR count). The van der Waals surface area contributed by atoms with Crippen LogP contribution >= 0.6 is 0 Å². The molecule has 1 saturated heterocycles. The van der Waals surface area contributed by atoms with Crippen LogP contribution in [0.1, 0.15) is 31.2 Å². The molecule has 1 aromatic carbocycles. The van der Waals surface area contributed by atoms with Gasteiger partial charge in [0.05, 0.1) is 25.6 Å². The largest absolute Gasteiger partial charge is 0.491 e. The third-order valence-corrected chi connectivity index (χ3v) is 7.50. The molecule has 9 heteroatoms. The number of benzene rings is 1. The summed E-state index contributed by atoms with van der Waals surface area (Å²) < 4.78 is 10.1. The quantitative estimate of drug-likeness (QED) is 0.386. The van der Waals surface area contributed by atoms with E-state index in [1.807, 2.05) is 6.08 Å². The van der Waals surface area contributed by atoms with Crippen molar-refractivity contribution in [2.75, 3.05) is 20.3 Å². The Labute approximate surface area is 207 Å². The van der Waals surface area contributed by atoms with Crippen LogP contribution in [-0.4, -0.2) is 59.8 Å². The Morgan fingerprint density at radius 1 is 1.08 bits per heavy atom. The summed E-state index contributed by atoms with van der Waals surface area (Å²) in [7, 11) is 1.11. The second kappa shape index (κ2) is 8.98. The zero-order chi connectivity index (χ0) is 25.7. The van der Waals surface area contributed by atoms with Gasteiger partial charge in [-0.15, -0.1) is 0 Å². The van der Waals surface area contributed by atoms with Crippen LogP contribution in [0.2, 0.25) is 0 Å². The van der Waals surface area contributed by atoms with Crippen molar-refractivity contribution >= 4 is 29.5 Å². The van der Waals surface area contributed by atoms with Crippen LogP contribution in [0.25, 0.3) is 0 Å². The smallest absolute Gasteiger partial charge is 0.423 e. The molecule has 9 nitrogen and oxygen atoms in total. The summed E-state index contributed by atoms with van der Waals surface area (Å²) in [6, 6.07) is 7.04. The first-order chi connectivity index (χ1) is 17.3. The van der Waals surface area contributed by atoms with Gasteiger partial charge >= 0.3 is 6.09 Å². The second-order valence-corrected chi connectivity index (χ2v) is 9.35. The number of likely N-dealkylation sites (tertiary alicyclic amines) is 1. The molecule has 3 aliphatic carbocycles. The highest BCUT2D eigenvalue weighted by atomic mass is 16.5. The number of rotatable bonds is 4. The molecule has 0 bridgehead atoms. The van der Waals surface area contributed by atoms with Gasteiger partial charge < -0.3 is 14.6 Å². The van der Waals surface area contributed by atoms with E-state index in [0.29, 0.717) is 27.4 Å². The summed E-state index contributed by atoms with van der Waals surface area (Å²) in [5.41, 5.74) is 2.62. The molecule has 4 aliphatic rings. The van der Waals surface area contributed by atoms with Gasteiger partial charge in [-0.3, -0.25) is 19.2 Å². The number of ketones is 2. The summed E-state index contributed by atoms with van der Waals surface area (Å²) >= 11 is 0. The normalized spacial score (nSPS) is 27.2. The van der Waals surface area contributed by atoms with Gasteiger partial charge in [0.15, 0.2) is 11.6 Å². The fourth-order valence-electron chi connectivity index (χ4n) is 5.93. The van der Waals surface area contributed by atoms with Crippen molar-refractivity contribution in [1.29, 1.82) is 0 Å². The number of allylic oxidation sites excluding steroid dienone is 6. The SMILES string of the molecule is COC(=O)N1C(=O)[C@H]2[C@H](CC=C3[C@H](c4ccc(OCCO)cc4)C4=C(C[C@H]32)C(=O)C=C(C)C4=O)C1=O. The Kier molecular flexibility index (Phi) is 5.96. The van der Waals surface area contributed by atoms with Crippen LogP contribution < -0.4 is 4.74 Å². The van der Waals surface area contributed by atoms with E-state index >= 15 is 0 Å². The Balaban J connectivity index is 1.61. The number of methoxy groups -OCH3 is 1. The lowest BCUT2D eigenvalue weighted by Crippen LogP contribution is -2.40. The van der Waals surface area contributed by atoms with E-state index in [-0.39, 0.29) is 37.6 Å². The average Bonchev–Trinajstić information content (AvgIpc) is 3.14. The molecule has 0 aromatic heterocycles. The number of fused-ring (bicyclic) bond motifs is 3. The Morgan fingerprint density at radius 3 is 2.47 bits per heavy atom. The maximum absolute atomic E-state index is 13.3. The zero-order valence-corrected chi connectivity index (χ0v) is 19.9. The summed E-state index contributed by atoms with van der Waals surface area (Å²) in [6.07, 6.45) is 2.56. The average molecular weight is 491 g/mol. The van der Waals surface area contributed by atoms with E-state index in [2.05, 4.69) is 4.74 Å². The minimum Gasteiger partial charge on any atom is -0.491 e. The van der Waals surface area contributed by atoms with Crippen LogP contribution in [0.15, 0.2) is 58.7 Å². The molecule has 1 aliphatic heterocycles. The minimum absolute atomic E-state index is 0.130. The molecular formula is C27H25NO8. The van der Waals surface area contributed by atoms with Crippen molar-refractivity contribution in [3.8, 4) is 5.75 Å². The molecule has 36 heavy (non-hydrogen) atoms. The number of aliphatic hydroxyl groups is 1. The van der Waals surface area contributed by atoms with E-state index in [1.54, 1.807) is 31.2 Å². The van der Waals surface area contributed by atoms with E-state index in [4.69, 9.17) is 9.84 Å². The monoisotopic (exact) mass is 491 g/mol. The summed E-state index contributed by atoms with van der Waals surface area (Å²) in [6.45, 7) is 1.62. The molecule has 0 unspecified atom stereocenters. The van der Waals surface area contributed by atoms with E-state index in [9.17, 15) is 24.0 Å². The van der Waals surface area contributed by atoms with E-state index in [0.717, 1.165) is 18.2 Å². The van der Waals surface area contributed by atoms with E-state index < -0.39 is 41.6 Å². The van der Waals surface area contributed by atoms with Crippen molar-refractivity contribution < 1.29 is 38.6 Å². The molecule has 0 radical (unpaired) electrons. The molecule has 1 aromatic rings. The van der Waals surface area contributed by atoms with Gasteiger partial charge in [0.2, 0.25) is 11.8 Å². The van der Waals surface area contributed by atoms with Crippen molar-refractivity contribution in [2.24, 2.45) is 17.8 Å². The zero-order valence-electron chi connectivity index (χ0n) is 19.9. The van der Waals surface area contributed by atoms with Crippen LogP contribution in [0.3, 0.4) is 0 Å². The summed E-state index contributed by atoms with van der Waals surface area (Å²) in [5.74, 6) is -3.85. The number of nitrogens with zero attached hydrogens (tertiary/aromatic N) is 1. The number of carbonyl (C=O) groups is 5. The van der Waals surface area contributed by atoms with Crippen molar-refractivity contribution in [3.63, 3.8) is 0 Å². The standard InChI is InChI=1S/C27H25NO8/c1-13-11-20(30)19-12-18-16(7-8-17-22(18)26(33)28(25(17)32)27(34)35-2)21(23(19)24(13)31)14-3-5-15(6-4-14)36-10-9-29/h3-7,11,17-18,21-22,29H,8-10,12H2,1-2H3/t17-,18+,21-,22-/m0/s1. The fraction of sp³-hybridized carbons (Fsp3) is 0.370. The Morgan fingerprint density at radius 2 is 1.81 bits per heavy atom. The van der Waals surface area contributed by atoms with E-state index in [1.165, 1.54) is 6.08 Å². The lowest BCUT2D eigenvalue weighted by molar-refractivity contribution is -0.137. The molecule has 0 saturated carbocycles. The number of aliphatic hydroxyl groups excluding tert-OH is 1. The summed E-state index contributed by atoms with van der Waals surface area (Å²) in [5, 5.41) is 9.01. The van der Waals surface area contributed by atoms with Gasteiger partial charge in [-0.05, 0) is 49.5 Å². The Bertz CT molecular complexity index is 1290. The summed E-state index contributed by atoms with van der Waals surface area (Å²) in [4.78, 5) is 65.4. The molecule has 186 valence electrons. The molecular weight excluding hydrogens is 466 g/mol. The number of ether oxygens (including phenoxy) is 2. The van der Waals surface area contributed by atoms with Gasteiger partial charge in [-0.25, -0.2) is 4.79 Å². The van der Waals surface area contributed by atoms with Crippen LogP contribution in [0.5, 0.6) is 5.75 Å². The number of hydrogen-bond donors (Lipinski definition) is 1. The number of Topliss-reactive ketones (excluding diaryl/α,β-unsaturated/α-hetero) is 1. The first-order valence-corrected chi connectivity index (χ1v) is 11.8. The third-order valence-electron chi connectivity index (χ3n) is 7.50. The van der Waals surface area contributed by atoms with Gasteiger partial charge in [0.1, 0.15) is 12.4 Å². The predicted octanol–water partition coefficient (Wildman–Crippen LogP) is 2.25. The van der Waals surface area contributed by atoms with Crippen LogP contribution in [0, 0.1) is 17.8 Å². The van der Waals surface area contributed by atoms with Crippen molar-refractivity contribution in [2.45, 2.75) is 25.7 Å². The minimum atomic E-state index is -1.02. The van der Waals surface area contributed by atoms with Crippen molar-refractivity contribution in [1.82, 2.24) is 4.90 Å². The molecule has 1 fully saturated rings. The number of amides is 3. The maximum Gasteiger partial charge on any atom is 0.423 e. The van der Waals surface area contributed by atoms with Crippen LogP contribution in [-0.2, 0) is 23.9 Å². The predicted molar refractivity (Wildman–Crippen MR) is 125 cm³/mol. The number of hydrogen-bond acceptors (Lipinski definition) is 8. The lowest BCUT2D eigenvalue weighted by atomic mass is 9.59. The highest BCUT2D eigenvalue weighted by Crippen LogP contribution is 2.55. The number of carbonyl (C=O) groups excluding carboxylic acids is 5. The van der Waals surface area contributed by atoms with Crippen LogP contribution in [0.4, 0.5) is 4.79 Å². The molecule has 1 N–H and O–H groups in total. The van der Waals surface area contributed by atoms with Gasteiger partial charge in [-0.2, -0.15) is 4.90 Å². The topological polar surface area (TPSA) is 127 Å². The van der Waals surface area contributed by atoms with Gasteiger partial charge in [-0.1, -0.05) is 23.8 Å². The molecule has 4 atom stereocenters. The van der Waals surface area contributed by atoms with Gasteiger partial charge in [0, 0.05) is 22.6 Å². The second-order valence-electron chi connectivity index (χ2n) is 9.35. The Hall–Kier alpha value is -3.85. The lowest BCUT2D eigenvalue weighted by Gasteiger charge is -2.42. The highest BCUT2D eigenvalue weighted by Gasteiger charge is 2.58. The highest BCUT2D eigenvalue weighted by molar-refractivity contribution is 6.24. The maximum atomic E-state index is 13.3. The molecule has 3 amide bonds. The molecule has 0 spiro atoms. The number of imide groups is 3. The van der Waals surface area contributed by atoms with Gasteiger partial charge in [0.25, 0.3) is 0 Å². The third kappa shape index (κ3) is 3.53. The fourth-order valence-corrected chi connectivity index (χ4v) is 5.93. The molecule has 1 heterocycles.